The van der Waals surface area contributed by atoms with E-state index in [1.54, 1.807) is 0 Å². The summed E-state index contributed by atoms with van der Waals surface area (Å²) in [5.74, 6) is 0. The van der Waals surface area contributed by atoms with Gasteiger partial charge in [-0.3, -0.25) is 4.90 Å². The van der Waals surface area contributed by atoms with E-state index >= 15 is 0 Å². The lowest BCUT2D eigenvalue weighted by Crippen LogP contribution is -2.46. The number of benzene rings is 1. The van der Waals surface area contributed by atoms with Crippen LogP contribution in [0.25, 0.3) is 0 Å². The number of aliphatic hydroxyl groups excluding tert-OH is 1. The highest BCUT2D eigenvalue weighted by Gasteiger charge is 2.36. The van der Waals surface area contributed by atoms with Gasteiger partial charge in [0.1, 0.15) is 0 Å². The lowest BCUT2D eigenvalue weighted by atomic mass is 9.95. The van der Waals surface area contributed by atoms with Crippen LogP contribution in [0.1, 0.15) is 49.5 Å². The maximum atomic E-state index is 10.5. The molecule has 20 heavy (non-hydrogen) atoms. The molecule has 0 aromatic heterocycles. The summed E-state index contributed by atoms with van der Waals surface area (Å²) < 4.78 is 0. The maximum Gasteiger partial charge on any atom is 0.0919 e. The lowest BCUT2D eigenvalue weighted by Gasteiger charge is -2.35. The van der Waals surface area contributed by atoms with Gasteiger partial charge in [0, 0.05) is 12.6 Å². The summed E-state index contributed by atoms with van der Waals surface area (Å²) >= 11 is 0. The molecule has 3 nitrogen and oxygen atoms in total. The normalized spacial score (nSPS) is 22.2. The Kier molecular flexibility index (Phi) is 4.52. The van der Waals surface area contributed by atoms with E-state index in [4.69, 9.17) is 0 Å². The highest BCUT2D eigenvalue weighted by molar-refractivity contribution is 5.32. The van der Waals surface area contributed by atoms with E-state index in [1.165, 1.54) is 5.56 Å². The van der Waals surface area contributed by atoms with Gasteiger partial charge in [-0.05, 0) is 58.2 Å². The van der Waals surface area contributed by atoms with Crippen molar-refractivity contribution in [2.75, 3.05) is 13.1 Å². The van der Waals surface area contributed by atoms with Crippen LogP contribution in [-0.4, -0.2) is 39.8 Å². The van der Waals surface area contributed by atoms with Crippen LogP contribution in [0.15, 0.2) is 18.2 Å². The van der Waals surface area contributed by atoms with Crippen molar-refractivity contribution in [3.8, 4) is 0 Å². The van der Waals surface area contributed by atoms with Crippen LogP contribution in [0.3, 0.4) is 0 Å². The molecular weight excluding hydrogens is 250 g/mol. The Morgan fingerprint density at radius 1 is 1.35 bits per heavy atom. The molecule has 3 heteroatoms. The average Bonchev–Trinajstić information content (AvgIpc) is 2.80. The lowest BCUT2D eigenvalue weighted by molar-refractivity contribution is -0.0161. The number of hydrogen-bond acceptors (Lipinski definition) is 3. The van der Waals surface area contributed by atoms with Crippen LogP contribution in [-0.2, 0) is 0 Å². The SMILES string of the molecule is Cc1ccc(C)c([C@H](O)CN2CCC[C@@H]2C(C)(C)O)c1. The minimum Gasteiger partial charge on any atom is -0.389 e. The van der Waals surface area contributed by atoms with E-state index in [0.717, 1.165) is 30.5 Å². The molecular formula is C17H27NO2. The largest absolute Gasteiger partial charge is 0.389 e. The molecule has 0 amide bonds. The van der Waals surface area contributed by atoms with Gasteiger partial charge in [-0.25, -0.2) is 0 Å². The van der Waals surface area contributed by atoms with Crippen molar-refractivity contribution in [1.82, 2.24) is 4.90 Å². The summed E-state index contributed by atoms with van der Waals surface area (Å²) in [6.45, 7) is 9.36. The molecule has 1 aliphatic rings. The third kappa shape index (κ3) is 3.40. The summed E-state index contributed by atoms with van der Waals surface area (Å²) in [6, 6.07) is 6.34. The quantitative estimate of drug-likeness (QED) is 0.889. The number of likely N-dealkylation sites (tertiary alicyclic amines) is 1. The number of rotatable bonds is 4. The molecule has 2 rings (SSSR count). The number of β-amino-alcohol motifs (C(OH)–C–C–N with tert-alkyl or cyclic N) is 1. The molecule has 0 spiro atoms. The van der Waals surface area contributed by atoms with Crippen molar-refractivity contribution in [3.05, 3.63) is 34.9 Å². The standard InChI is InChI=1S/C17H27NO2/c1-12-7-8-13(2)14(10-12)15(19)11-18-9-5-6-16(18)17(3,4)20/h7-8,10,15-16,19-20H,5-6,9,11H2,1-4H3/t15-,16-/m1/s1. The third-order valence-electron chi connectivity index (χ3n) is 4.38. The zero-order valence-corrected chi connectivity index (χ0v) is 13.1. The van der Waals surface area contributed by atoms with Crippen LogP contribution in [0, 0.1) is 13.8 Å². The van der Waals surface area contributed by atoms with Crippen molar-refractivity contribution in [1.29, 1.82) is 0 Å². The predicted molar refractivity (Wildman–Crippen MR) is 81.8 cm³/mol. The van der Waals surface area contributed by atoms with E-state index in [1.807, 2.05) is 27.7 Å². The van der Waals surface area contributed by atoms with Crippen LogP contribution < -0.4 is 0 Å². The van der Waals surface area contributed by atoms with Gasteiger partial charge in [0.25, 0.3) is 0 Å². The van der Waals surface area contributed by atoms with Crippen LogP contribution >= 0.6 is 0 Å². The Morgan fingerprint density at radius 3 is 2.70 bits per heavy atom. The van der Waals surface area contributed by atoms with E-state index < -0.39 is 11.7 Å². The third-order valence-corrected chi connectivity index (χ3v) is 4.38. The molecule has 1 heterocycles. The molecule has 0 radical (unpaired) electrons. The van der Waals surface area contributed by atoms with E-state index in [2.05, 4.69) is 23.1 Å². The van der Waals surface area contributed by atoms with Crippen molar-refractivity contribution in [2.24, 2.45) is 0 Å². The Balaban J connectivity index is 2.11. The second kappa shape index (κ2) is 5.84. The summed E-state index contributed by atoms with van der Waals surface area (Å²) in [4.78, 5) is 2.23. The number of hydrogen-bond donors (Lipinski definition) is 2. The number of nitrogens with zero attached hydrogens (tertiary/aromatic N) is 1. The van der Waals surface area contributed by atoms with Crippen molar-refractivity contribution in [3.63, 3.8) is 0 Å². The van der Waals surface area contributed by atoms with Gasteiger partial charge in [0.05, 0.1) is 11.7 Å². The second-order valence-corrected chi connectivity index (χ2v) is 6.68. The Hall–Kier alpha value is -0.900. The zero-order valence-electron chi connectivity index (χ0n) is 13.1. The van der Waals surface area contributed by atoms with Gasteiger partial charge in [0.2, 0.25) is 0 Å². The second-order valence-electron chi connectivity index (χ2n) is 6.68. The summed E-state index contributed by atoms with van der Waals surface area (Å²) in [5, 5.41) is 20.8. The monoisotopic (exact) mass is 277 g/mol. The Bertz CT molecular complexity index is 465. The molecule has 1 saturated heterocycles. The first-order chi connectivity index (χ1) is 9.29. The topological polar surface area (TPSA) is 43.7 Å². The predicted octanol–water partition coefficient (Wildman–Crippen LogP) is 2.57. The molecule has 2 atom stereocenters. The first-order valence-electron chi connectivity index (χ1n) is 7.50. The minimum absolute atomic E-state index is 0.141. The molecule has 1 aliphatic heterocycles. The fourth-order valence-corrected chi connectivity index (χ4v) is 3.28. The van der Waals surface area contributed by atoms with E-state index in [-0.39, 0.29) is 6.04 Å². The minimum atomic E-state index is -0.710. The smallest absolute Gasteiger partial charge is 0.0919 e. The van der Waals surface area contributed by atoms with Gasteiger partial charge in [0.15, 0.2) is 0 Å². The molecule has 1 fully saturated rings. The molecule has 1 aromatic carbocycles. The van der Waals surface area contributed by atoms with E-state index in [9.17, 15) is 10.2 Å². The fraction of sp³-hybridized carbons (Fsp3) is 0.647. The van der Waals surface area contributed by atoms with Crippen molar-refractivity contribution in [2.45, 2.75) is 58.3 Å². The summed E-state index contributed by atoms with van der Waals surface area (Å²) in [6.07, 6.45) is 1.61. The van der Waals surface area contributed by atoms with Gasteiger partial charge in [-0.2, -0.15) is 0 Å². The van der Waals surface area contributed by atoms with Crippen LogP contribution in [0.2, 0.25) is 0 Å². The first kappa shape index (κ1) is 15.5. The highest BCUT2D eigenvalue weighted by Crippen LogP contribution is 2.29. The Labute approximate surface area is 122 Å². The summed E-state index contributed by atoms with van der Waals surface area (Å²) in [7, 11) is 0. The van der Waals surface area contributed by atoms with Gasteiger partial charge < -0.3 is 10.2 Å². The van der Waals surface area contributed by atoms with Gasteiger partial charge >= 0.3 is 0 Å². The van der Waals surface area contributed by atoms with Crippen molar-refractivity contribution < 1.29 is 10.2 Å². The zero-order chi connectivity index (χ0) is 14.9. The summed E-state index contributed by atoms with van der Waals surface area (Å²) in [5.41, 5.74) is 2.59. The fourth-order valence-electron chi connectivity index (χ4n) is 3.28. The van der Waals surface area contributed by atoms with Gasteiger partial charge in [-0.15, -0.1) is 0 Å². The number of aryl methyl sites for hydroxylation is 2. The van der Waals surface area contributed by atoms with Gasteiger partial charge in [-0.1, -0.05) is 23.8 Å². The highest BCUT2D eigenvalue weighted by atomic mass is 16.3. The van der Waals surface area contributed by atoms with E-state index in [0.29, 0.717) is 6.54 Å². The average molecular weight is 277 g/mol. The molecule has 112 valence electrons. The van der Waals surface area contributed by atoms with Crippen LogP contribution in [0.5, 0.6) is 0 Å². The Morgan fingerprint density at radius 2 is 2.05 bits per heavy atom. The molecule has 0 aliphatic carbocycles. The maximum absolute atomic E-state index is 10.5. The van der Waals surface area contributed by atoms with Crippen molar-refractivity contribution >= 4 is 0 Å². The molecule has 0 saturated carbocycles. The first-order valence-corrected chi connectivity index (χ1v) is 7.50. The van der Waals surface area contributed by atoms with Crippen LogP contribution in [0.4, 0.5) is 0 Å². The molecule has 0 unspecified atom stereocenters. The number of aliphatic hydroxyl groups is 2. The molecule has 1 aromatic rings. The molecule has 0 bridgehead atoms. The molecule has 2 N–H and O–H groups in total.